The maximum absolute atomic E-state index is 11.8. The monoisotopic (exact) mass is 263 g/mol. The van der Waals surface area contributed by atoms with Crippen LogP contribution in [0.3, 0.4) is 0 Å². The number of benzene rings is 1. The van der Waals surface area contributed by atoms with Crippen LogP contribution in [0.4, 0.5) is 11.4 Å². The van der Waals surface area contributed by atoms with Crippen molar-refractivity contribution in [3.8, 4) is 0 Å². The predicted molar refractivity (Wildman–Crippen MR) is 81.6 cm³/mol. The van der Waals surface area contributed by atoms with Crippen LogP contribution in [0.25, 0.3) is 0 Å². The minimum absolute atomic E-state index is 0.0765. The Balaban J connectivity index is 3.02. The molecule has 0 saturated carbocycles. The molecular formula is C15H25N3O. The third-order valence-corrected chi connectivity index (χ3v) is 3.40. The summed E-state index contributed by atoms with van der Waals surface area (Å²) >= 11 is 0. The fourth-order valence-corrected chi connectivity index (χ4v) is 2.16. The van der Waals surface area contributed by atoms with Gasteiger partial charge in [0.2, 0.25) is 0 Å². The Morgan fingerprint density at radius 1 is 1.37 bits per heavy atom. The van der Waals surface area contributed by atoms with E-state index in [0.717, 1.165) is 18.7 Å². The van der Waals surface area contributed by atoms with Crippen molar-refractivity contribution in [3.05, 3.63) is 23.8 Å². The molecule has 4 nitrogen and oxygen atoms in total. The van der Waals surface area contributed by atoms with Crippen molar-refractivity contribution in [2.45, 2.75) is 40.2 Å². The zero-order valence-electron chi connectivity index (χ0n) is 12.4. The lowest BCUT2D eigenvalue weighted by molar-refractivity contribution is 0.0956. The number of anilines is 2. The van der Waals surface area contributed by atoms with Gasteiger partial charge in [0.1, 0.15) is 0 Å². The fraction of sp³-hybridized carbons (Fsp3) is 0.533. The number of amides is 1. The summed E-state index contributed by atoms with van der Waals surface area (Å²) in [5.41, 5.74) is 8.38. The number of carbonyl (C=O) groups is 1. The molecule has 0 aliphatic heterocycles. The van der Waals surface area contributed by atoms with Gasteiger partial charge in [-0.15, -0.1) is 0 Å². The van der Waals surface area contributed by atoms with Gasteiger partial charge >= 0.3 is 0 Å². The fourth-order valence-electron chi connectivity index (χ4n) is 2.16. The van der Waals surface area contributed by atoms with E-state index in [-0.39, 0.29) is 5.91 Å². The average molecular weight is 263 g/mol. The van der Waals surface area contributed by atoms with E-state index in [1.54, 1.807) is 6.07 Å². The molecule has 0 heterocycles. The van der Waals surface area contributed by atoms with Gasteiger partial charge in [0.15, 0.2) is 0 Å². The van der Waals surface area contributed by atoms with Crippen molar-refractivity contribution in [2.75, 3.05) is 23.7 Å². The first-order chi connectivity index (χ1) is 9.04. The highest BCUT2D eigenvalue weighted by atomic mass is 16.1. The van der Waals surface area contributed by atoms with Crippen molar-refractivity contribution in [3.63, 3.8) is 0 Å². The van der Waals surface area contributed by atoms with E-state index >= 15 is 0 Å². The van der Waals surface area contributed by atoms with E-state index in [9.17, 15) is 4.79 Å². The number of hydrogen-bond donors (Lipinski definition) is 2. The second-order valence-corrected chi connectivity index (χ2v) is 4.68. The highest BCUT2D eigenvalue weighted by molar-refractivity contribution is 5.96. The van der Waals surface area contributed by atoms with Crippen molar-refractivity contribution in [1.29, 1.82) is 0 Å². The van der Waals surface area contributed by atoms with Crippen LogP contribution in [0.2, 0.25) is 0 Å². The van der Waals surface area contributed by atoms with E-state index < -0.39 is 0 Å². The van der Waals surface area contributed by atoms with Crippen LogP contribution < -0.4 is 16.0 Å². The summed E-state index contributed by atoms with van der Waals surface area (Å²) in [5.74, 6) is -0.0765. The maximum atomic E-state index is 11.8. The van der Waals surface area contributed by atoms with Gasteiger partial charge in [0.25, 0.3) is 5.91 Å². The normalized spacial score (nSPS) is 12.0. The molecule has 1 atom stereocenters. The van der Waals surface area contributed by atoms with E-state index in [1.807, 2.05) is 19.1 Å². The first-order valence-corrected chi connectivity index (χ1v) is 6.99. The van der Waals surface area contributed by atoms with Crippen LogP contribution in [0.15, 0.2) is 18.2 Å². The van der Waals surface area contributed by atoms with Gasteiger partial charge in [-0.3, -0.25) is 4.79 Å². The third-order valence-electron chi connectivity index (χ3n) is 3.40. The summed E-state index contributed by atoms with van der Waals surface area (Å²) in [6.45, 7) is 9.88. The summed E-state index contributed by atoms with van der Waals surface area (Å²) in [7, 11) is 0. The number of carbonyl (C=O) groups excluding carboxylic acids is 1. The van der Waals surface area contributed by atoms with Crippen LogP contribution in [0.1, 0.15) is 44.5 Å². The Bertz CT molecular complexity index is 431. The molecular weight excluding hydrogens is 238 g/mol. The first-order valence-electron chi connectivity index (χ1n) is 6.99. The van der Waals surface area contributed by atoms with Gasteiger partial charge in [0.05, 0.1) is 11.4 Å². The standard InChI is InChI=1S/C15H25N3O/c1-5-11(4)18(7-3)14-9-8-12(10-13(14)16)15(19)17-6-2/h8-11H,5-7,16H2,1-4H3,(H,17,19). The number of nitrogens with one attached hydrogen (secondary N) is 1. The van der Waals surface area contributed by atoms with E-state index in [2.05, 4.69) is 31.0 Å². The Kier molecular flexibility index (Phi) is 5.67. The molecule has 1 aromatic carbocycles. The molecule has 0 saturated heterocycles. The first kappa shape index (κ1) is 15.3. The topological polar surface area (TPSA) is 58.4 Å². The lowest BCUT2D eigenvalue weighted by Gasteiger charge is -2.30. The number of nitrogen functional groups attached to an aromatic ring is 1. The molecule has 1 amide bonds. The van der Waals surface area contributed by atoms with E-state index in [0.29, 0.717) is 23.8 Å². The molecule has 0 aliphatic rings. The maximum Gasteiger partial charge on any atom is 0.251 e. The second-order valence-electron chi connectivity index (χ2n) is 4.68. The molecule has 0 radical (unpaired) electrons. The Hall–Kier alpha value is -1.71. The van der Waals surface area contributed by atoms with Crippen LogP contribution in [0.5, 0.6) is 0 Å². The van der Waals surface area contributed by atoms with Crippen LogP contribution in [0, 0.1) is 0 Å². The highest BCUT2D eigenvalue weighted by Gasteiger charge is 2.15. The molecule has 0 fully saturated rings. The summed E-state index contributed by atoms with van der Waals surface area (Å²) in [4.78, 5) is 14.0. The number of nitrogens with two attached hydrogens (primary N) is 1. The zero-order valence-corrected chi connectivity index (χ0v) is 12.4. The molecule has 0 aromatic heterocycles. The minimum Gasteiger partial charge on any atom is -0.397 e. The van der Waals surface area contributed by atoms with Crippen molar-refractivity contribution >= 4 is 17.3 Å². The minimum atomic E-state index is -0.0765. The SMILES string of the molecule is CCNC(=O)c1ccc(N(CC)C(C)CC)c(N)c1. The average Bonchev–Trinajstić information content (AvgIpc) is 2.41. The number of nitrogens with zero attached hydrogens (tertiary/aromatic N) is 1. The Morgan fingerprint density at radius 3 is 2.53 bits per heavy atom. The third kappa shape index (κ3) is 3.63. The number of rotatable bonds is 6. The van der Waals surface area contributed by atoms with Gasteiger partial charge in [0, 0.05) is 24.7 Å². The van der Waals surface area contributed by atoms with E-state index in [4.69, 9.17) is 5.73 Å². The van der Waals surface area contributed by atoms with Crippen LogP contribution >= 0.6 is 0 Å². The van der Waals surface area contributed by atoms with Crippen LogP contribution in [-0.4, -0.2) is 25.0 Å². The molecule has 0 bridgehead atoms. The van der Waals surface area contributed by atoms with Crippen molar-refractivity contribution < 1.29 is 4.79 Å². The van der Waals surface area contributed by atoms with Gasteiger partial charge in [-0.25, -0.2) is 0 Å². The summed E-state index contributed by atoms with van der Waals surface area (Å²) in [6.07, 6.45) is 1.06. The molecule has 1 aromatic rings. The molecule has 1 unspecified atom stereocenters. The molecule has 1 rings (SSSR count). The zero-order chi connectivity index (χ0) is 14.4. The Labute approximate surface area is 116 Å². The molecule has 19 heavy (non-hydrogen) atoms. The van der Waals surface area contributed by atoms with Gasteiger partial charge in [-0.2, -0.15) is 0 Å². The molecule has 4 heteroatoms. The quantitative estimate of drug-likeness (QED) is 0.776. The summed E-state index contributed by atoms with van der Waals surface area (Å²) < 4.78 is 0. The molecule has 3 N–H and O–H groups in total. The van der Waals surface area contributed by atoms with E-state index in [1.165, 1.54) is 0 Å². The van der Waals surface area contributed by atoms with Crippen molar-refractivity contribution in [2.24, 2.45) is 0 Å². The summed E-state index contributed by atoms with van der Waals surface area (Å²) in [6, 6.07) is 5.96. The molecule has 0 aliphatic carbocycles. The molecule has 0 spiro atoms. The van der Waals surface area contributed by atoms with Crippen LogP contribution in [-0.2, 0) is 0 Å². The smallest absolute Gasteiger partial charge is 0.251 e. The van der Waals surface area contributed by atoms with Crippen molar-refractivity contribution in [1.82, 2.24) is 5.32 Å². The lowest BCUT2D eigenvalue weighted by Crippen LogP contribution is -2.33. The lowest BCUT2D eigenvalue weighted by atomic mass is 10.1. The Morgan fingerprint density at radius 2 is 2.05 bits per heavy atom. The highest BCUT2D eigenvalue weighted by Crippen LogP contribution is 2.26. The summed E-state index contributed by atoms with van der Waals surface area (Å²) in [5, 5.41) is 2.78. The van der Waals surface area contributed by atoms with Gasteiger partial charge < -0.3 is 16.0 Å². The number of hydrogen-bond acceptors (Lipinski definition) is 3. The van der Waals surface area contributed by atoms with Gasteiger partial charge in [-0.1, -0.05) is 6.92 Å². The molecule has 106 valence electrons. The second kappa shape index (κ2) is 7.02. The largest absolute Gasteiger partial charge is 0.397 e. The predicted octanol–water partition coefficient (Wildman–Crippen LogP) is 2.64. The van der Waals surface area contributed by atoms with Gasteiger partial charge in [-0.05, 0) is 45.4 Å².